The first-order valence-electron chi connectivity index (χ1n) is 10.1. The van der Waals surface area contributed by atoms with Gasteiger partial charge in [0.25, 0.3) is 17.5 Å². The number of aromatic nitrogens is 1. The zero-order valence-electron chi connectivity index (χ0n) is 17.7. The smallest absolute Gasteiger partial charge is 0.270 e. The quantitative estimate of drug-likeness (QED) is 0.228. The summed E-state index contributed by atoms with van der Waals surface area (Å²) < 4.78 is 1.72. The molecule has 1 aromatic heterocycles. The normalized spacial score (nSPS) is 11.3. The Balaban J connectivity index is 1.57. The van der Waals surface area contributed by atoms with Gasteiger partial charge in [0.1, 0.15) is 0 Å². The molecule has 10 heteroatoms. The van der Waals surface area contributed by atoms with E-state index in [9.17, 15) is 24.8 Å². The Bertz CT molecular complexity index is 1200. The third kappa shape index (κ3) is 4.97. The maximum absolute atomic E-state index is 12.1. The molecule has 2 aromatic carbocycles. The predicted molar refractivity (Wildman–Crippen MR) is 118 cm³/mol. The van der Waals surface area contributed by atoms with Crippen LogP contribution >= 0.6 is 0 Å². The number of nitro groups is 1. The first kappa shape index (κ1) is 22.6. The van der Waals surface area contributed by atoms with Crippen LogP contribution in [-0.4, -0.2) is 33.0 Å². The van der Waals surface area contributed by atoms with Crippen molar-refractivity contribution in [1.82, 2.24) is 9.88 Å². The summed E-state index contributed by atoms with van der Waals surface area (Å²) in [6, 6.07) is 12.7. The maximum atomic E-state index is 12.1. The Hall–Kier alpha value is -4.08. The van der Waals surface area contributed by atoms with Crippen LogP contribution in [0.4, 0.5) is 11.4 Å². The molecule has 0 fully saturated rings. The van der Waals surface area contributed by atoms with E-state index in [1.807, 2.05) is 32.0 Å². The average Bonchev–Trinajstić information content (AvgIpc) is 3.06. The molecule has 0 bridgehead atoms. The molecule has 32 heavy (non-hydrogen) atoms. The van der Waals surface area contributed by atoms with Crippen molar-refractivity contribution in [1.29, 1.82) is 0 Å². The highest BCUT2D eigenvalue weighted by molar-refractivity contribution is 5.96. The largest absolute Gasteiger partial charge is 0.493 e. The molecule has 3 aromatic rings. The molecule has 2 amide bonds. The highest BCUT2D eigenvalue weighted by atomic mass is 16.6. The second kappa shape index (κ2) is 9.82. The number of nitrogens with one attached hydrogen (secondary N) is 1. The van der Waals surface area contributed by atoms with Crippen LogP contribution in [0.5, 0.6) is 5.88 Å². The maximum Gasteiger partial charge on any atom is 0.270 e. The molecule has 0 radical (unpaired) electrons. The standard InChI is InChI=1S/C22H23N5O5/c1-14(2)26-18-10-4-3-9-17(18)20(22(26)30)25-24-19(28)11-6-12-23-21(29)15-7-5-8-16(13-15)27(31)32/h3-5,7-10,13-14,30H,6,11-12H2,1-2H3,(H,23,29). The molecule has 1 heterocycles. The van der Waals surface area contributed by atoms with E-state index in [1.54, 1.807) is 10.6 Å². The van der Waals surface area contributed by atoms with Gasteiger partial charge in [0.05, 0.1) is 10.4 Å². The van der Waals surface area contributed by atoms with Gasteiger partial charge >= 0.3 is 0 Å². The van der Waals surface area contributed by atoms with Crippen molar-refractivity contribution in [2.45, 2.75) is 32.7 Å². The molecular weight excluding hydrogens is 414 g/mol. The first-order valence-corrected chi connectivity index (χ1v) is 10.1. The van der Waals surface area contributed by atoms with E-state index in [0.717, 1.165) is 5.52 Å². The fourth-order valence-electron chi connectivity index (χ4n) is 3.31. The summed E-state index contributed by atoms with van der Waals surface area (Å²) in [6.45, 7) is 4.06. The van der Waals surface area contributed by atoms with Crippen LogP contribution in [-0.2, 0) is 4.79 Å². The van der Waals surface area contributed by atoms with E-state index in [0.29, 0.717) is 11.8 Å². The van der Waals surface area contributed by atoms with Gasteiger partial charge in [-0.1, -0.05) is 24.3 Å². The second-order valence-corrected chi connectivity index (χ2v) is 7.41. The molecule has 0 saturated heterocycles. The molecule has 10 nitrogen and oxygen atoms in total. The summed E-state index contributed by atoms with van der Waals surface area (Å²) in [4.78, 5) is 34.4. The third-order valence-electron chi connectivity index (χ3n) is 4.81. The molecule has 0 aliphatic rings. The number of carbonyl (C=O) groups is 2. The zero-order chi connectivity index (χ0) is 23.3. The number of fused-ring (bicyclic) bond motifs is 1. The number of nitrogens with zero attached hydrogens (tertiary/aromatic N) is 4. The van der Waals surface area contributed by atoms with Crippen LogP contribution in [0, 0.1) is 10.1 Å². The van der Waals surface area contributed by atoms with E-state index in [4.69, 9.17) is 0 Å². The Morgan fingerprint density at radius 3 is 2.66 bits per heavy atom. The second-order valence-electron chi connectivity index (χ2n) is 7.41. The van der Waals surface area contributed by atoms with Crippen molar-refractivity contribution < 1.29 is 19.6 Å². The van der Waals surface area contributed by atoms with Crippen LogP contribution in [0.25, 0.3) is 10.9 Å². The van der Waals surface area contributed by atoms with Gasteiger partial charge in [-0.15, -0.1) is 10.2 Å². The Morgan fingerprint density at radius 1 is 1.19 bits per heavy atom. The van der Waals surface area contributed by atoms with Crippen molar-refractivity contribution in [2.24, 2.45) is 10.2 Å². The molecule has 0 aliphatic carbocycles. The zero-order valence-corrected chi connectivity index (χ0v) is 17.7. The molecular formula is C22H23N5O5. The van der Waals surface area contributed by atoms with Crippen LogP contribution in [0.3, 0.4) is 0 Å². The number of carbonyl (C=O) groups excluding carboxylic acids is 2. The highest BCUT2D eigenvalue weighted by Crippen LogP contribution is 2.40. The van der Waals surface area contributed by atoms with Crippen molar-refractivity contribution in [3.8, 4) is 5.88 Å². The highest BCUT2D eigenvalue weighted by Gasteiger charge is 2.18. The van der Waals surface area contributed by atoms with Gasteiger partial charge in [-0.05, 0) is 32.4 Å². The summed E-state index contributed by atoms with van der Waals surface area (Å²) >= 11 is 0. The van der Waals surface area contributed by atoms with Crippen molar-refractivity contribution in [3.05, 3.63) is 64.2 Å². The number of benzene rings is 2. The van der Waals surface area contributed by atoms with Gasteiger partial charge in [-0.2, -0.15) is 0 Å². The minimum absolute atomic E-state index is 0.00536. The Labute approximate surface area is 183 Å². The number of nitro benzene ring substituents is 1. The topological polar surface area (TPSA) is 139 Å². The lowest BCUT2D eigenvalue weighted by atomic mass is 10.2. The van der Waals surface area contributed by atoms with Gasteiger partial charge in [-0.3, -0.25) is 19.7 Å². The molecule has 0 spiro atoms. The SMILES string of the molecule is CC(C)n1c(O)c(N=NC(=O)CCCNC(=O)c2cccc([N+](=O)[O-])c2)c2ccccc21. The Kier molecular flexibility index (Phi) is 6.93. The minimum Gasteiger partial charge on any atom is -0.493 e. The van der Waals surface area contributed by atoms with Crippen molar-refractivity contribution >= 4 is 34.1 Å². The van der Waals surface area contributed by atoms with E-state index in [2.05, 4.69) is 15.5 Å². The fourth-order valence-corrected chi connectivity index (χ4v) is 3.31. The van der Waals surface area contributed by atoms with Gasteiger partial charge < -0.3 is 15.0 Å². The summed E-state index contributed by atoms with van der Waals surface area (Å²) in [5.41, 5.74) is 1.03. The lowest BCUT2D eigenvalue weighted by Gasteiger charge is -2.10. The predicted octanol–water partition coefficient (Wildman–Crippen LogP) is 4.66. The van der Waals surface area contributed by atoms with Crippen molar-refractivity contribution in [3.63, 3.8) is 0 Å². The number of amides is 2. The van der Waals surface area contributed by atoms with Gasteiger partial charge in [-0.25, -0.2) is 0 Å². The summed E-state index contributed by atoms with van der Waals surface area (Å²) in [7, 11) is 0. The van der Waals surface area contributed by atoms with Crippen LogP contribution in [0.2, 0.25) is 0 Å². The lowest BCUT2D eigenvalue weighted by Crippen LogP contribution is -2.24. The van der Waals surface area contributed by atoms with Crippen LogP contribution in [0.1, 0.15) is 43.1 Å². The number of aromatic hydroxyl groups is 1. The average molecular weight is 437 g/mol. The number of non-ortho nitro benzene ring substituents is 1. The monoisotopic (exact) mass is 437 g/mol. The van der Waals surface area contributed by atoms with Gasteiger partial charge in [0.15, 0.2) is 5.69 Å². The molecule has 3 rings (SSSR count). The first-order chi connectivity index (χ1) is 15.3. The molecule has 166 valence electrons. The molecule has 2 N–H and O–H groups in total. The van der Waals surface area contributed by atoms with Crippen molar-refractivity contribution in [2.75, 3.05) is 6.54 Å². The number of hydrogen-bond acceptors (Lipinski definition) is 6. The summed E-state index contributed by atoms with van der Waals surface area (Å²) in [5.74, 6) is -1.01. The minimum atomic E-state index is -0.573. The van der Waals surface area contributed by atoms with Gasteiger partial charge in [0, 0.05) is 42.1 Å². The fraction of sp³-hybridized carbons (Fsp3) is 0.273. The van der Waals surface area contributed by atoms with Crippen LogP contribution < -0.4 is 5.32 Å². The third-order valence-corrected chi connectivity index (χ3v) is 4.81. The van der Waals surface area contributed by atoms with Crippen LogP contribution in [0.15, 0.2) is 58.8 Å². The molecule has 0 aliphatic heterocycles. The van der Waals surface area contributed by atoms with E-state index in [-0.39, 0.29) is 41.8 Å². The molecule has 0 unspecified atom stereocenters. The number of hydrogen-bond donors (Lipinski definition) is 2. The molecule has 0 saturated carbocycles. The Morgan fingerprint density at radius 2 is 1.94 bits per heavy atom. The summed E-state index contributed by atoms with van der Waals surface area (Å²) in [5, 5.41) is 32.3. The number of azo groups is 1. The number of rotatable bonds is 8. The van der Waals surface area contributed by atoms with Gasteiger partial charge in [0.2, 0.25) is 5.88 Å². The van der Waals surface area contributed by atoms with E-state index in [1.165, 1.54) is 24.3 Å². The van der Waals surface area contributed by atoms with E-state index >= 15 is 0 Å². The summed E-state index contributed by atoms with van der Waals surface area (Å²) in [6.07, 6.45) is 0.362. The number of para-hydroxylation sites is 1. The lowest BCUT2D eigenvalue weighted by molar-refractivity contribution is -0.384. The van der Waals surface area contributed by atoms with E-state index < -0.39 is 16.7 Å². The molecule has 0 atom stereocenters.